The lowest BCUT2D eigenvalue weighted by Gasteiger charge is -2.18. The summed E-state index contributed by atoms with van der Waals surface area (Å²) >= 11 is 5.61. The Morgan fingerprint density at radius 2 is 1.94 bits per heavy atom. The summed E-state index contributed by atoms with van der Waals surface area (Å²) in [5.41, 5.74) is 5.24. The molecule has 2 N–H and O–H groups in total. The molecule has 0 fully saturated rings. The van der Waals surface area contributed by atoms with Crippen LogP contribution in [0.2, 0.25) is 5.02 Å². The van der Waals surface area contributed by atoms with Crippen molar-refractivity contribution < 1.29 is 13.2 Å². The summed E-state index contributed by atoms with van der Waals surface area (Å²) in [4.78, 5) is 0. The average molecular weight is 280 g/mol. The molecule has 5 heteroatoms. The van der Waals surface area contributed by atoms with Crippen molar-refractivity contribution in [1.82, 2.24) is 0 Å². The molecule has 0 aliphatic heterocycles. The predicted molar refractivity (Wildman–Crippen MR) is 67.5 cm³/mol. The Labute approximate surface area is 110 Å². The summed E-state index contributed by atoms with van der Waals surface area (Å²) in [5.74, 6) is 0. The van der Waals surface area contributed by atoms with E-state index in [-0.39, 0.29) is 10.6 Å². The molecule has 0 aliphatic carbocycles. The average Bonchev–Trinajstić information content (AvgIpc) is 2.28. The monoisotopic (exact) mass is 279 g/mol. The molecule has 0 heterocycles. The molecule has 18 heavy (non-hydrogen) atoms. The summed E-state index contributed by atoms with van der Waals surface area (Å²) < 4.78 is 38.6. The van der Waals surface area contributed by atoms with Crippen molar-refractivity contribution in [2.75, 3.05) is 0 Å². The van der Waals surface area contributed by atoms with Crippen LogP contribution < -0.4 is 5.73 Å². The zero-order valence-electron chi connectivity index (χ0n) is 10.2. The second-order valence-corrected chi connectivity index (χ2v) is 4.77. The van der Waals surface area contributed by atoms with E-state index < -0.39 is 17.8 Å². The van der Waals surface area contributed by atoms with Gasteiger partial charge < -0.3 is 5.73 Å². The minimum absolute atomic E-state index is 0.0758. The molecule has 0 spiro atoms. The van der Waals surface area contributed by atoms with Crippen LogP contribution in [0.3, 0.4) is 0 Å². The summed E-state index contributed by atoms with van der Waals surface area (Å²) in [5, 5.41) is 0.0758. The number of hydrogen-bond acceptors (Lipinski definition) is 1. The quantitative estimate of drug-likeness (QED) is 0.759. The van der Waals surface area contributed by atoms with Crippen molar-refractivity contribution in [2.45, 2.75) is 44.8 Å². The van der Waals surface area contributed by atoms with Crippen molar-refractivity contribution >= 4 is 11.6 Å². The first-order valence-corrected chi connectivity index (χ1v) is 6.36. The fourth-order valence-corrected chi connectivity index (χ4v) is 2.04. The van der Waals surface area contributed by atoms with E-state index in [0.29, 0.717) is 6.42 Å². The first-order valence-electron chi connectivity index (χ1n) is 5.98. The number of unbranched alkanes of at least 4 members (excludes halogenated alkanes) is 2. The third-order valence-electron chi connectivity index (χ3n) is 2.84. The third kappa shape index (κ3) is 4.18. The maximum atomic E-state index is 12.9. The molecule has 1 atom stereocenters. The molecule has 1 nitrogen and oxygen atoms in total. The standard InChI is InChI=1S/C13H17ClF3N/c1-2-3-4-5-12(18)10-7-6-9(14)8-11(10)13(15,16)17/h6-8,12H,2-5,18H2,1H3/t12-/m0/s1. The largest absolute Gasteiger partial charge is 0.416 e. The molecule has 0 aromatic heterocycles. The van der Waals surface area contributed by atoms with Crippen LogP contribution in [0.5, 0.6) is 0 Å². The van der Waals surface area contributed by atoms with Crippen molar-refractivity contribution in [3.05, 3.63) is 34.3 Å². The third-order valence-corrected chi connectivity index (χ3v) is 3.07. The van der Waals surface area contributed by atoms with E-state index in [0.717, 1.165) is 25.3 Å². The predicted octanol–water partition coefficient (Wildman–Crippen LogP) is 4.94. The minimum Gasteiger partial charge on any atom is -0.324 e. The van der Waals surface area contributed by atoms with Crippen LogP contribution in [-0.2, 0) is 6.18 Å². The summed E-state index contributed by atoms with van der Waals surface area (Å²) in [7, 11) is 0. The SMILES string of the molecule is CCCCC[C@H](N)c1ccc(Cl)cc1C(F)(F)F. The van der Waals surface area contributed by atoms with Gasteiger partial charge in [-0.15, -0.1) is 0 Å². The van der Waals surface area contributed by atoms with Gasteiger partial charge in [-0.05, 0) is 24.1 Å². The van der Waals surface area contributed by atoms with Crippen molar-refractivity contribution in [3.8, 4) is 0 Å². The number of alkyl halides is 3. The second-order valence-electron chi connectivity index (χ2n) is 4.33. The van der Waals surface area contributed by atoms with Crippen molar-refractivity contribution in [2.24, 2.45) is 5.73 Å². The summed E-state index contributed by atoms with van der Waals surface area (Å²) in [6.07, 6.45) is -1.04. The number of hydrogen-bond donors (Lipinski definition) is 1. The van der Waals surface area contributed by atoms with Crippen molar-refractivity contribution in [1.29, 1.82) is 0 Å². The highest BCUT2D eigenvalue weighted by atomic mass is 35.5. The van der Waals surface area contributed by atoms with Gasteiger partial charge in [0.05, 0.1) is 5.56 Å². The van der Waals surface area contributed by atoms with Crippen LogP contribution in [-0.4, -0.2) is 0 Å². The molecule has 0 radical (unpaired) electrons. The highest BCUT2D eigenvalue weighted by Gasteiger charge is 2.34. The Hall–Kier alpha value is -0.740. The van der Waals surface area contributed by atoms with E-state index in [1.807, 2.05) is 6.92 Å². The molecule has 0 amide bonds. The van der Waals surface area contributed by atoms with Gasteiger partial charge in [0.1, 0.15) is 0 Å². The molecule has 0 saturated heterocycles. The molecule has 1 aromatic rings. The molecule has 102 valence electrons. The molecule has 0 saturated carbocycles. The van der Waals surface area contributed by atoms with Crippen LogP contribution in [0.4, 0.5) is 13.2 Å². The lowest BCUT2D eigenvalue weighted by Crippen LogP contribution is -2.17. The number of benzene rings is 1. The van der Waals surface area contributed by atoms with Gasteiger partial charge >= 0.3 is 6.18 Å². The fraction of sp³-hybridized carbons (Fsp3) is 0.538. The smallest absolute Gasteiger partial charge is 0.324 e. The van der Waals surface area contributed by atoms with Crippen LogP contribution in [0.15, 0.2) is 18.2 Å². The van der Waals surface area contributed by atoms with Crippen LogP contribution >= 0.6 is 11.6 Å². The number of halogens is 4. The highest BCUT2D eigenvalue weighted by Crippen LogP contribution is 2.36. The van der Waals surface area contributed by atoms with Gasteiger partial charge in [0, 0.05) is 11.1 Å². The van der Waals surface area contributed by atoms with Gasteiger partial charge in [0.25, 0.3) is 0 Å². The first kappa shape index (κ1) is 15.3. The van der Waals surface area contributed by atoms with Gasteiger partial charge in [-0.3, -0.25) is 0 Å². The second kappa shape index (κ2) is 6.43. The van der Waals surface area contributed by atoms with Crippen LogP contribution in [0.1, 0.15) is 49.8 Å². The molecular formula is C13H17ClF3N. The first-order chi connectivity index (χ1) is 8.36. The van der Waals surface area contributed by atoms with E-state index in [1.165, 1.54) is 12.1 Å². The molecule has 1 rings (SSSR count). The topological polar surface area (TPSA) is 26.0 Å². The molecular weight excluding hydrogens is 263 g/mol. The lowest BCUT2D eigenvalue weighted by molar-refractivity contribution is -0.138. The molecule has 1 aromatic carbocycles. The Morgan fingerprint density at radius 3 is 2.50 bits per heavy atom. The van der Waals surface area contributed by atoms with E-state index >= 15 is 0 Å². The zero-order chi connectivity index (χ0) is 13.8. The molecule has 0 unspecified atom stereocenters. The van der Waals surface area contributed by atoms with E-state index in [9.17, 15) is 13.2 Å². The van der Waals surface area contributed by atoms with Crippen molar-refractivity contribution in [3.63, 3.8) is 0 Å². The van der Waals surface area contributed by atoms with Gasteiger partial charge in [-0.25, -0.2) is 0 Å². The van der Waals surface area contributed by atoms with Crippen LogP contribution in [0, 0.1) is 0 Å². The van der Waals surface area contributed by atoms with E-state index in [1.54, 1.807) is 0 Å². The summed E-state index contributed by atoms with van der Waals surface area (Å²) in [6, 6.07) is 3.18. The van der Waals surface area contributed by atoms with Gasteiger partial charge in [-0.1, -0.05) is 43.9 Å². The maximum Gasteiger partial charge on any atom is 0.416 e. The number of rotatable bonds is 5. The summed E-state index contributed by atoms with van der Waals surface area (Å²) in [6.45, 7) is 2.04. The number of nitrogens with two attached hydrogens (primary N) is 1. The van der Waals surface area contributed by atoms with E-state index in [4.69, 9.17) is 17.3 Å². The van der Waals surface area contributed by atoms with Gasteiger partial charge in [-0.2, -0.15) is 13.2 Å². The lowest BCUT2D eigenvalue weighted by atomic mass is 9.96. The Kier molecular flexibility index (Phi) is 5.47. The van der Waals surface area contributed by atoms with Gasteiger partial charge in [0.15, 0.2) is 0 Å². The molecule has 0 aliphatic rings. The maximum absolute atomic E-state index is 12.9. The van der Waals surface area contributed by atoms with E-state index in [2.05, 4.69) is 0 Å². The Balaban J connectivity index is 2.93. The fourth-order valence-electron chi connectivity index (χ4n) is 1.87. The zero-order valence-corrected chi connectivity index (χ0v) is 11.0. The Morgan fingerprint density at radius 1 is 1.28 bits per heavy atom. The van der Waals surface area contributed by atoms with Crippen LogP contribution in [0.25, 0.3) is 0 Å². The highest BCUT2D eigenvalue weighted by molar-refractivity contribution is 6.30. The van der Waals surface area contributed by atoms with Gasteiger partial charge in [0.2, 0.25) is 0 Å². The minimum atomic E-state index is -4.41. The normalized spacial score (nSPS) is 13.7. The molecule has 0 bridgehead atoms. The Bertz CT molecular complexity index is 390.